The lowest BCUT2D eigenvalue weighted by molar-refractivity contribution is -0.115. The largest absolute Gasteiger partial charge is 0.497 e. The standard InChI is InChI=1S/C13H16N2O2/c1-3-4-9-14-10-13(16)15-11-5-7-12(17-2)8-6-11/h5-8,14H,9-10H2,1-2H3,(H,15,16). The summed E-state index contributed by atoms with van der Waals surface area (Å²) in [7, 11) is 1.60. The van der Waals surface area contributed by atoms with Gasteiger partial charge < -0.3 is 10.1 Å². The van der Waals surface area contributed by atoms with Gasteiger partial charge in [0.1, 0.15) is 5.75 Å². The summed E-state index contributed by atoms with van der Waals surface area (Å²) in [6.07, 6.45) is 0. The number of benzene rings is 1. The Morgan fingerprint density at radius 3 is 2.65 bits per heavy atom. The number of hydrogen-bond acceptors (Lipinski definition) is 3. The fourth-order valence-electron chi connectivity index (χ4n) is 1.21. The van der Waals surface area contributed by atoms with Gasteiger partial charge in [-0.05, 0) is 31.2 Å². The smallest absolute Gasteiger partial charge is 0.238 e. The van der Waals surface area contributed by atoms with E-state index in [0.717, 1.165) is 11.4 Å². The lowest BCUT2D eigenvalue weighted by Gasteiger charge is -2.06. The van der Waals surface area contributed by atoms with Crippen molar-refractivity contribution in [1.82, 2.24) is 5.32 Å². The highest BCUT2D eigenvalue weighted by Crippen LogP contribution is 2.14. The minimum absolute atomic E-state index is 0.0898. The van der Waals surface area contributed by atoms with Crippen LogP contribution in [0.5, 0.6) is 5.75 Å². The average molecular weight is 232 g/mol. The Bertz CT molecular complexity index is 415. The van der Waals surface area contributed by atoms with E-state index >= 15 is 0 Å². The second-order valence-corrected chi connectivity index (χ2v) is 3.31. The summed E-state index contributed by atoms with van der Waals surface area (Å²) in [6, 6.07) is 7.18. The van der Waals surface area contributed by atoms with Crippen LogP contribution in [0, 0.1) is 11.8 Å². The molecule has 0 atom stereocenters. The maximum atomic E-state index is 11.5. The number of methoxy groups -OCH3 is 1. The molecule has 0 unspecified atom stereocenters. The second kappa shape index (κ2) is 7.31. The van der Waals surface area contributed by atoms with E-state index in [4.69, 9.17) is 4.74 Å². The van der Waals surface area contributed by atoms with Gasteiger partial charge in [0.25, 0.3) is 0 Å². The lowest BCUT2D eigenvalue weighted by atomic mass is 10.3. The number of nitrogens with one attached hydrogen (secondary N) is 2. The maximum absolute atomic E-state index is 11.5. The van der Waals surface area contributed by atoms with Crippen molar-refractivity contribution >= 4 is 11.6 Å². The van der Waals surface area contributed by atoms with Gasteiger partial charge in [0.15, 0.2) is 0 Å². The van der Waals surface area contributed by atoms with Crippen molar-refractivity contribution in [3.05, 3.63) is 24.3 Å². The Kier molecular flexibility index (Phi) is 5.62. The summed E-state index contributed by atoms with van der Waals surface area (Å²) in [6.45, 7) is 2.53. The van der Waals surface area contributed by atoms with Gasteiger partial charge in [-0.3, -0.25) is 10.1 Å². The minimum atomic E-state index is -0.0898. The van der Waals surface area contributed by atoms with Crippen LogP contribution in [0.4, 0.5) is 5.69 Å². The topological polar surface area (TPSA) is 50.4 Å². The van der Waals surface area contributed by atoms with Crippen LogP contribution in [0.15, 0.2) is 24.3 Å². The van der Waals surface area contributed by atoms with E-state index in [9.17, 15) is 4.79 Å². The molecule has 4 nitrogen and oxygen atoms in total. The summed E-state index contributed by atoms with van der Waals surface area (Å²) in [5.41, 5.74) is 0.749. The molecule has 90 valence electrons. The van der Waals surface area contributed by atoms with E-state index in [1.165, 1.54) is 0 Å². The van der Waals surface area contributed by atoms with Gasteiger partial charge in [-0.2, -0.15) is 0 Å². The van der Waals surface area contributed by atoms with Crippen molar-refractivity contribution in [3.8, 4) is 17.6 Å². The van der Waals surface area contributed by atoms with E-state index in [2.05, 4.69) is 22.5 Å². The second-order valence-electron chi connectivity index (χ2n) is 3.31. The first-order valence-corrected chi connectivity index (χ1v) is 5.30. The van der Waals surface area contributed by atoms with E-state index in [1.807, 2.05) is 0 Å². The van der Waals surface area contributed by atoms with Gasteiger partial charge in [-0.25, -0.2) is 0 Å². The van der Waals surface area contributed by atoms with Crippen molar-refractivity contribution in [2.45, 2.75) is 6.92 Å². The first-order chi connectivity index (χ1) is 8.26. The number of hydrogen-bond donors (Lipinski definition) is 2. The average Bonchev–Trinajstić information content (AvgIpc) is 2.36. The Morgan fingerprint density at radius 2 is 2.06 bits per heavy atom. The van der Waals surface area contributed by atoms with Crippen molar-refractivity contribution < 1.29 is 9.53 Å². The van der Waals surface area contributed by atoms with Crippen LogP contribution in [0.2, 0.25) is 0 Å². The molecular formula is C13H16N2O2. The number of anilines is 1. The molecule has 4 heteroatoms. The molecule has 2 N–H and O–H groups in total. The van der Waals surface area contributed by atoms with Crippen LogP contribution < -0.4 is 15.4 Å². The summed E-state index contributed by atoms with van der Waals surface area (Å²) in [4.78, 5) is 11.5. The Morgan fingerprint density at radius 1 is 1.35 bits per heavy atom. The number of carbonyl (C=O) groups excluding carboxylic acids is 1. The number of rotatable bonds is 5. The summed E-state index contributed by atoms with van der Waals surface area (Å²) in [5, 5.41) is 5.68. The third-order valence-electron chi connectivity index (χ3n) is 2.05. The molecule has 0 heterocycles. The molecule has 0 aliphatic carbocycles. The van der Waals surface area contributed by atoms with E-state index in [0.29, 0.717) is 6.54 Å². The van der Waals surface area contributed by atoms with Gasteiger partial charge >= 0.3 is 0 Å². The summed E-state index contributed by atoms with van der Waals surface area (Å²) in [5.74, 6) is 6.24. The molecule has 1 amide bonds. The monoisotopic (exact) mass is 232 g/mol. The molecule has 0 saturated heterocycles. The van der Waals surface area contributed by atoms with Gasteiger partial charge in [0.2, 0.25) is 5.91 Å². The normalized spacial score (nSPS) is 9.06. The van der Waals surface area contributed by atoms with Gasteiger partial charge in [-0.15, -0.1) is 5.92 Å². The third kappa shape index (κ3) is 5.05. The van der Waals surface area contributed by atoms with E-state index < -0.39 is 0 Å². The highest BCUT2D eigenvalue weighted by atomic mass is 16.5. The van der Waals surface area contributed by atoms with Crippen LogP contribution in [0.3, 0.4) is 0 Å². The maximum Gasteiger partial charge on any atom is 0.238 e. The van der Waals surface area contributed by atoms with E-state index in [1.54, 1.807) is 38.3 Å². The molecular weight excluding hydrogens is 216 g/mol. The summed E-state index contributed by atoms with van der Waals surface area (Å²) < 4.78 is 5.03. The minimum Gasteiger partial charge on any atom is -0.497 e. The molecule has 0 aliphatic heterocycles. The zero-order chi connectivity index (χ0) is 12.5. The van der Waals surface area contributed by atoms with Crippen molar-refractivity contribution in [1.29, 1.82) is 0 Å². The van der Waals surface area contributed by atoms with Crippen molar-refractivity contribution in [2.75, 3.05) is 25.5 Å². The molecule has 0 aromatic heterocycles. The lowest BCUT2D eigenvalue weighted by Crippen LogP contribution is -2.28. The number of amides is 1. The highest BCUT2D eigenvalue weighted by Gasteiger charge is 2.00. The van der Waals surface area contributed by atoms with Crippen molar-refractivity contribution in [3.63, 3.8) is 0 Å². The molecule has 1 aromatic carbocycles. The molecule has 0 aliphatic rings. The molecule has 1 rings (SSSR count). The van der Waals surface area contributed by atoms with E-state index in [-0.39, 0.29) is 12.5 Å². The Balaban J connectivity index is 2.36. The molecule has 0 saturated carbocycles. The molecule has 0 spiro atoms. The first kappa shape index (κ1) is 13.1. The van der Waals surface area contributed by atoms with Crippen LogP contribution in [0.1, 0.15) is 6.92 Å². The molecule has 1 aromatic rings. The fraction of sp³-hybridized carbons (Fsp3) is 0.308. The van der Waals surface area contributed by atoms with Gasteiger partial charge in [0, 0.05) is 5.69 Å². The molecule has 0 fully saturated rings. The third-order valence-corrected chi connectivity index (χ3v) is 2.05. The Labute approximate surface area is 101 Å². The predicted molar refractivity (Wildman–Crippen MR) is 67.9 cm³/mol. The van der Waals surface area contributed by atoms with Crippen LogP contribution in [0.25, 0.3) is 0 Å². The SMILES string of the molecule is CC#CCNCC(=O)Nc1ccc(OC)cc1. The summed E-state index contributed by atoms with van der Waals surface area (Å²) >= 11 is 0. The molecule has 0 radical (unpaired) electrons. The number of ether oxygens (including phenoxy) is 1. The fourth-order valence-corrected chi connectivity index (χ4v) is 1.21. The van der Waals surface area contributed by atoms with Crippen LogP contribution in [-0.2, 0) is 4.79 Å². The van der Waals surface area contributed by atoms with Crippen LogP contribution >= 0.6 is 0 Å². The quantitative estimate of drug-likeness (QED) is 0.593. The Hall–Kier alpha value is -1.99. The van der Waals surface area contributed by atoms with Crippen LogP contribution in [-0.4, -0.2) is 26.1 Å². The molecule has 17 heavy (non-hydrogen) atoms. The van der Waals surface area contributed by atoms with Gasteiger partial charge in [-0.1, -0.05) is 5.92 Å². The van der Waals surface area contributed by atoms with Crippen molar-refractivity contribution in [2.24, 2.45) is 0 Å². The zero-order valence-corrected chi connectivity index (χ0v) is 10.0. The van der Waals surface area contributed by atoms with Gasteiger partial charge in [0.05, 0.1) is 20.2 Å². The zero-order valence-electron chi connectivity index (χ0n) is 10.0. The highest BCUT2D eigenvalue weighted by molar-refractivity contribution is 5.92. The first-order valence-electron chi connectivity index (χ1n) is 5.30. The predicted octanol–water partition coefficient (Wildman–Crippen LogP) is 1.25. The molecule has 0 bridgehead atoms. The number of carbonyl (C=O) groups is 1.